The fourth-order valence-electron chi connectivity index (χ4n) is 3.21. The number of rotatable bonds is 3. The van der Waals surface area contributed by atoms with Gasteiger partial charge in [0.1, 0.15) is 17.0 Å². The standard InChI is InChI=1S/C17H21N7O/c1-11-12(3-2-6-19-11)14-15-16(23-22-14)21-13(9-20-15)24-7-4-17(18,10-25)5-8-24/h2-3,6,9,25H,4-5,7-8,10,18H2,1H3,(H,21,22,23). The van der Waals surface area contributed by atoms with Crippen molar-refractivity contribution in [3.8, 4) is 11.3 Å². The molecule has 1 fully saturated rings. The van der Waals surface area contributed by atoms with Crippen LogP contribution in [0.1, 0.15) is 18.5 Å². The number of H-pyrrole nitrogens is 1. The molecule has 25 heavy (non-hydrogen) atoms. The maximum absolute atomic E-state index is 9.39. The third-order valence-electron chi connectivity index (χ3n) is 4.92. The van der Waals surface area contributed by atoms with Gasteiger partial charge in [0.25, 0.3) is 0 Å². The summed E-state index contributed by atoms with van der Waals surface area (Å²) in [6, 6.07) is 3.87. The molecule has 0 saturated carbocycles. The van der Waals surface area contributed by atoms with Crippen LogP contribution in [0.4, 0.5) is 5.82 Å². The van der Waals surface area contributed by atoms with Gasteiger partial charge in [-0.2, -0.15) is 5.10 Å². The molecule has 0 spiro atoms. The van der Waals surface area contributed by atoms with E-state index in [2.05, 4.69) is 30.0 Å². The van der Waals surface area contributed by atoms with Crippen molar-refractivity contribution in [2.24, 2.45) is 5.73 Å². The molecule has 3 aromatic heterocycles. The van der Waals surface area contributed by atoms with E-state index in [-0.39, 0.29) is 6.61 Å². The minimum absolute atomic E-state index is 0.0138. The highest BCUT2D eigenvalue weighted by molar-refractivity contribution is 5.88. The minimum Gasteiger partial charge on any atom is -0.394 e. The van der Waals surface area contributed by atoms with Gasteiger partial charge in [-0.25, -0.2) is 9.97 Å². The van der Waals surface area contributed by atoms with Crippen LogP contribution in [0, 0.1) is 6.92 Å². The number of nitrogens with zero attached hydrogens (tertiary/aromatic N) is 5. The number of aryl methyl sites for hydroxylation is 1. The Morgan fingerprint density at radius 2 is 2.12 bits per heavy atom. The molecule has 0 aromatic carbocycles. The second kappa shape index (κ2) is 6.05. The first-order chi connectivity index (χ1) is 12.1. The number of hydrogen-bond acceptors (Lipinski definition) is 7. The Morgan fingerprint density at radius 3 is 2.84 bits per heavy atom. The summed E-state index contributed by atoms with van der Waals surface area (Å²) in [5, 5.41) is 16.8. The Bertz CT molecular complexity index is 899. The van der Waals surface area contributed by atoms with Crippen molar-refractivity contribution in [3.63, 3.8) is 0 Å². The van der Waals surface area contributed by atoms with Gasteiger partial charge < -0.3 is 15.7 Å². The van der Waals surface area contributed by atoms with Gasteiger partial charge in [-0.15, -0.1) is 0 Å². The lowest BCUT2D eigenvalue weighted by Gasteiger charge is -2.38. The van der Waals surface area contributed by atoms with Crippen LogP contribution in [0.5, 0.6) is 0 Å². The van der Waals surface area contributed by atoms with Gasteiger partial charge in [0.2, 0.25) is 0 Å². The summed E-state index contributed by atoms with van der Waals surface area (Å²) in [4.78, 5) is 15.7. The van der Waals surface area contributed by atoms with Gasteiger partial charge in [0, 0.05) is 36.1 Å². The Hall–Kier alpha value is -2.58. The second-order valence-corrected chi connectivity index (χ2v) is 6.64. The monoisotopic (exact) mass is 339 g/mol. The van der Waals surface area contributed by atoms with Gasteiger partial charge in [-0.1, -0.05) is 0 Å². The molecule has 4 N–H and O–H groups in total. The maximum Gasteiger partial charge on any atom is 0.177 e. The Kier molecular flexibility index (Phi) is 3.85. The average molecular weight is 339 g/mol. The first-order valence-corrected chi connectivity index (χ1v) is 8.37. The summed E-state index contributed by atoms with van der Waals surface area (Å²) in [7, 11) is 0. The van der Waals surface area contributed by atoms with E-state index in [0.29, 0.717) is 5.65 Å². The van der Waals surface area contributed by atoms with Crippen LogP contribution in [-0.2, 0) is 0 Å². The number of nitrogens with two attached hydrogens (primary N) is 1. The largest absolute Gasteiger partial charge is 0.394 e. The number of piperidine rings is 1. The summed E-state index contributed by atoms with van der Waals surface area (Å²) < 4.78 is 0. The van der Waals surface area contributed by atoms with Crippen LogP contribution in [0.2, 0.25) is 0 Å². The van der Waals surface area contributed by atoms with Crippen LogP contribution in [0.25, 0.3) is 22.4 Å². The molecule has 0 bridgehead atoms. The van der Waals surface area contributed by atoms with Gasteiger partial charge in [0.15, 0.2) is 5.65 Å². The van der Waals surface area contributed by atoms with Gasteiger partial charge >= 0.3 is 0 Å². The molecule has 1 saturated heterocycles. The molecule has 8 nitrogen and oxygen atoms in total. The molecule has 0 atom stereocenters. The van der Waals surface area contributed by atoms with E-state index in [0.717, 1.165) is 54.2 Å². The van der Waals surface area contributed by atoms with Crippen molar-refractivity contribution in [2.45, 2.75) is 25.3 Å². The van der Waals surface area contributed by atoms with Crippen LogP contribution in [0.15, 0.2) is 24.5 Å². The summed E-state index contributed by atoms with van der Waals surface area (Å²) in [6.45, 7) is 3.46. The molecular formula is C17H21N7O. The number of fused-ring (bicyclic) bond motifs is 1. The third-order valence-corrected chi connectivity index (χ3v) is 4.92. The number of aromatic amines is 1. The zero-order valence-corrected chi connectivity index (χ0v) is 14.1. The van der Waals surface area contributed by atoms with Gasteiger partial charge in [-0.05, 0) is 31.9 Å². The Balaban J connectivity index is 1.64. The SMILES string of the molecule is Cc1ncccc1-c1n[nH]c2nc(N3CCC(N)(CO)CC3)cnc12. The molecule has 3 aromatic rings. The lowest BCUT2D eigenvalue weighted by atomic mass is 9.90. The average Bonchev–Trinajstić information content (AvgIpc) is 3.06. The highest BCUT2D eigenvalue weighted by Crippen LogP contribution is 2.28. The first-order valence-electron chi connectivity index (χ1n) is 8.37. The summed E-state index contributed by atoms with van der Waals surface area (Å²) in [5.74, 6) is 0.797. The number of pyridine rings is 1. The molecule has 130 valence electrons. The van der Waals surface area contributed by atoms with E-state index in [1.807, 2.05) is 19.1 Å². The summed E-state index contributed by atoms with van der Waals surface area (Å²) >= 11 is 0. The minimum atomic E-state index is -0.479. The fraction of sp³-hybridized carbons (Fsp3) is 0.412. The zero-order chi connectivity index (χ0) is 17.4. The van der Waals surface area contributed by atoms with E-state index in [9.17, 15) is 5.11 Å². The number of aliphatic hydroxyl groups excluding tert-OH is 1. The molecule has 8 heteroatoms. The fourth-order valence-corrected chi connectivity index (χ4v) is 3.21. The van der Waals surface area contributed by atoms with Crippen LogP contribution >= 0.6 is 0 Å². The van der Waals surface area contributed by atoms with Crippen molar-refractivity contribution < 1.29 is 5.11 Å². The number of hydrogen-bond donors (Lipinski definition) is 3. The zero-order valence-electron chi connectivity index (χ0n) is 14.1. The van der Waals surface area contributed by atoms with Crippen molar-refractivity contribution in [1.82, 2.24) is 25.1 Å². The normalized spacial score (nSPS) is 17.2. The summed E-state index contributed by atoms with van der Waals surface area (Å²) in [6.07, 6.45) is 4.99. The third kappa shape index (κ3) is 2.83. The van der Waals surface area contributed by atoms with Crippen molar-refractivity contribution in [2.75, 3.05) is 24.6 Å². The molecule has 1 aliphatic heterocycles. The maximum atomic E-state index is 9.39. The first kappa shape index (κ1) is 15.9. The van der Waals surface area contributed by atoms with E-state index >= 15 is 0 Å². The molecular weight excluding hydrogens is 318 g/mol. The second-order valence-electron chi connectivity index (χ2n) is 6.64. The predicted molar refractivity (Wildman–Crippen MR) is 95.1 cm³/mol. The molecule has 0 aliphatic carbocycles. The van der Waals surface area contributed by atoms with E-state index in [4.69, 9.17) is 5.73 Å². The molecule has 4 heterocycles. The number of anilines is 1. The lowest BCUT2D eigenvalue weighted by molar-refractivity contribution is 0.170. The Morgan fingerprint density at radius 1 is 1.32 bits per heavy atom. The molecule has 0 radical (unpaired) electrons. The molecule has 0 unspecified atom stereocenters. The number of nitrogens with one attached hydrogen (secondary N) is 1. The van der Waals surface area contributed by atoms with Crippen LogP contribution in [-0.4, -0.2) is 55.5 Å². The predicted octanol–water partition coefficient (Wildman–Crippen LogP) is 1.01. The molecule has 0 amide bonds. The lowest BCUT2D eigenvalue weighted by Crippen LogP contribution is -2.53. The highest BCUT2D eigenvalue weighted by Gasteiger charge is 2.30. The summed E-state index contributed by atoms with van der Waals surface area (Å²) in [5.41, 5.74) is 9.66. The smallest absolute Gasteiger partial charge is 0.177 e. The van der Waals surface area contributed by atoms with E-state index < -0.39 is 5.54 Å². The van der Waals surface area contributed by atoms with Crippen molar-refractivity contribution in [1.29, 1.82) is 0 Å². The van der Waals surface area contributed by atoms with Gasteiger partial charge in [0.05, 0.1) is 12.8 Å². The Labute approximate surface area is 145 Å². The highest BCUT2D eigenvalue weighted by atomic mass is 16.3. The quantitative estimate of drug-likeness (QED) is 0.652. The van der Waals surface area contributed by atoms with Gasteiger partial charge in [-0.3, -0.25) is 10.1 Å². The van der Waals surface area contributed by atoms with Crippen LogP contribution in [0.3, 0.4) is 0 Å². The van der Waals surface area contributed by atoms with E-state index in [1.54, 1.807) is 12.4 Å². The van der Waals surface area contributed by atoms with Crippen molar-refractivity contribution >= 4 is 17.0 Å². The van der Waals surface area contributed by atoms with E-state index in [1.165, 1.54) is 0 Å². The molecule has 4 rings (SSSR count). The number of aromatic nitrogens is 5. The molecule has 1 aliphatic rings. The topological polar surface area (TPSA) is 117 Å². The van der Waals surface area contributed by atoms with Crippen LogP contribution < -0.4 is 10.6 Å². The van der Waals surface area contributed by atoms with Crippen molar-refractivity contribution in [3.05, 3.63) is 30.2 Å². The number of aliphatic hydroxyl groups is 1.